The van der Waals surface area contributed by atoms with Crippen LogP contribution in [0.5, 0.6) is 0 Å². The lowest BCUT2D eigenvalue weighted by Crippen LogP contribution is -2.16. The molecule has 0 amide bonds. The Morgan fingerprint density at radius 1 is 1.33 bits per heavy atom. The molecule has 0 aliphatic carbocycles. The van der Waals surface area contributed by atoms with Crippen LogP contribution in [0, 0.1) is 0 Å². The Morgan fingerprint density at radius 3 is 2.53 bits per heavy atom. The molecule has 0 aliphatic heterocycles. The van der Waals surface area contributed by atoms with Crippen molar-refractivity contribution in [3.8, 4) is 10.6 Å². The van der Waals surface area contributed by atoms with Crippen LogP contribution < -0.4 is 0 Å². The molecular weight excluding hydrogens is 206 g/mol. The van der Waals surface area contributed by atoms with Crippen molar-refractivity contribution in [2.75, 3.05) is 0 Å². The van der Waals surface area contributed by atoms with Crippen molar-refractivity contribution in [3.05, 3.63) is 24.0 Å². The van der Waals surface area contributed by atoms with Crippen molar-refractivity contribution in [1.82, 2.24) is 14.2 Å². The van der Waals surface area contributed by atoms with E-state index in [1.807, 2.05) is 24.0 Å². The van der Waals surface area contributed by atoms with Crippen molar-refractivity contribution < 1.29 is 0 Å². The molecule has 0 bridgehead atoms. The van der Waals surface area contributed by atoms with Gasteiger partial charge in [-0.25, -0.2) is 4.37 Å². The van der Waals surface area contributed by atoms with E-state index in [2.05, 4.69) is 36.3 Å². The number of aromatic nitrogens is 3. The first-order chi connectivity index (χ1) is 6.98. The molecule has 0 radical (unpaired) electrons. The Labute approximate surface area is 93.9 Å². The fourth-order valence-corrected chi connectivity index (χ4v) is 2.19. The lowest BCUT2D eigenvalue weighted by atomic mass is 9.92. The van der Waals surface area contributed by atoms with Gasteiger partial charge in [0.05, 0.1) is 4.88 Å². The second-order valence-electron chi connectivity index (χ2n) is 4.67. The van der Waals surface area contributed by atoms with Crippen LogP contribution in [0.25, 0.3) is 10.6 Å². The van der Waals surface area contributed by atoms with Gasteiger partial charge in [-0.3, -0.25) is 4.68 Å². The summed E-state index contributed by atoms with van der Waals surface area (Å²) in [6.45, 7) is 6.58. The van der Waals surface area contributed by atoms with Crippen LogP contribution >= 0.6 is 11.5 Å². The Morgan fingerprint density at radius 2 is 2.07 bits per heavy atom. The minimum absolute atomic E-state index is 0.130. The summed E-state index contributed by atoms with van der Waals surface area (Å²) in [4.78, 5) is 1.13. The molecule has 2 aromatic heterocycles. The minimum Gasteiger partial charge on any atom is -0.271 e. The monoisotopic (exact) mass is 221 g/mol. The summed E-state index contributed by atoms with van der Waals surface area (Å²) in [7, 11) is 1.99. The zero-order chi connectivity index (χ0) is 11.1. The molecule has 3 nitrogen and oxygen atoms in total. The van der Waals surface area contributed by atoms with Crippen LogP contribution in [-0.4, -0.2) is 14.2 Å². The lowest BCUT2D eigenvalue weighted by molar-refractivity contribution is 0.523. The molecule has 0 atom stereocenters. The van der Waals surface area contributed by atoms with Crippen molar-refractivity contribution >= 4 is 11.5 Å². The third kappa shape index (κ3) is 1.95. The van der Waals surface area contributed by atoms with Crippen LogP contribution in [0.3, 0.4) is 0 Å². The summed E-state index contributed by atoms with van der Waals surface area (Å²) in [6.07, 6.45) is 1.81. The lowest BCUT2D eigenvalue weighted by Gasteiger charge is -2.17. The normalized spacial score (nSPS) is 12.0. The fourth-order valence-electron chi connectivity index (χ4n) is 1.64. The molecule has 0 saturated carbocycles. The smallest absolute Gasteiger partial charge is 0.104 e. The predicted molar refractivity (Wildman–Crippen MR) is 63.0 cm³/mol. The zero-order valence-electron chi connectivity index (χ0n) is 9.48. The Kier molecular flexibility index (Phi) is 2.38. The van der Waals surface area contributed by atoms with E-state index in [-0.39, 0.29) is 5.41 Å². The molecule has 0 aliphatic rings. The number of nitrogens with zero attached hydrogens (tertiary/aromatic N) is 3. The highest BCUT2D eigenvalue weighted by molar-refractivity contribution is 7.09. The van der Waals surface area contributed by atoms with E-state index in [0.717, 1.165) is 10.6 Å². The van der Waals surface area contributed by atoms with Crippen LogP contribution in [0.2, 0.25) is 0 Å². The second-order valence-corrected chi connectivity index (χ2v) is 5.50. The molecule has 0 aromatic carbocycles. The largest absolute Gasteiger partial charge is 0.271 e. The van der Waals surface area contributed by atoms with E-state index >= 15 is 0 Å². The van der Waals surface area contributed by atoms with Gasteiger partial charge < -0.3 is 0 Å². The van der Waals surface area contributed by atoms with E-state index in [4.69, 9.17) is 0 Å². The summed E-state index contributed by atoms with van der Waals surface area (Å²) >= 11 is 1.48. The first-order valence-electron chi connectivity index (χ1n) is 4.94. The van der Waals surface area contributed by atoms with Gasteiger partial charge in [0.2, 0.25) is 0 Å². The molecule has 0 spiro atoms. The first-order valence-corrected chi connectivity index (χ1v) is 5.71. The summed E-state index contributed by atoms with van der Waals surface area (Å²) < 4.78 is 6.05. The highest BCUT2D eigenvalue weighted by Gasteiger charge is 2.20. The standard InChI is InChI=1S/C11H15N3S/c1-11(2,3)10-7-8(13-14(10)4)9-5-6-12-15-9/h5-7H,1-4H3. The van der Waals surface area contributed by atoms with E-state index in [0.29, 0.717) is 0 Å². The summed E-state index contributed by atoms with van der Waals surface area (Å²) in [5, 5.41) is 4.51. The van der Waals surface area contributed by atoms with E-state index in [9.17, 15) is 0 Å². The maximum Gasteiger partial charge on any atom is 0.104 e. The van der Waals surface area contributed by atoms with Gasteiger partial charge >= 0.3 is 0 Å². The predicted octanol–water partition coefficient (Wildman–Crippen LogP) is 2.84. The summed E-state index contributed by atoms with van der Waals surface area (Å²) in [6, 6.07) is 4.15. The van der Waals surface area contributed by atoms with Gasteiger partial charge in [-0.1, -0.05) is 20.8 Å². The zero-order valence-corrected chi connectivity index (χ0v) is 10.3. The van der Waals surface area contributed by atoms with Gasteiger partial charge in [-0.15, -0.1) is 0 Å². The quantitative estimate of drug-likeness (QED) is 0.741. The minimum atomic E-state index is 0.130. The maximum absolute atomic E-state index is 4.51. The second kappa shape index (κ2) is 3.45. The molecule has 0 N–H and O–H groups in total. The van der Waals surface area contributed by atoms with Crippen LogP contribution in [0.1, 0.15) is 26.5 Å². The molecule has 2 heterocycles. The fraction of sp³-hybridized carbons (Fsp3) is 0.455. The maximum atomic E-state index is 4.51. The number of hydrogen-bond acceptors (Lipinski definition) is 3. The van der Waals surface area contributed by atoms with Crippen LogP contribution in [0.15, 0.2) is 18.3 Å². The molecule has 2 aromatic rings. The number of hydrogen-bond donors (Lipinski definition) is 0. The van der Waals surface area contributed by atoms with E-state index < -0.39 is 0 Å². The van der Waals surface area contributed by atoms with Gasteiger partial charge in [0, 0.05) is 24.4 Å². The molecular formula is C11H15N3S. The molecule has 4 heteroatoms. The molecule has 0 saturated heterocycles. The Balaban J connectivity index is 2.47. The summed E-state index contributed by atoms with van der Waals surface area (Å²) in [5.41, 5.74) is 2.39. The average Bonchev–Trinajstić information content (AvgIpc) is 2.68. The number of aryl methyl sites for hydroxylation is 1. The molecule has 15 heavy (non-hydrogen) atoms. The molecule has 0 fully saturated rings. The SMILES string of the molecule is Cn1nc(-c2ccns2)cc1C(C)(C)C. The van der Waals surface area contributed by atoms with E-state index in [1.54, 1.807) is 0 Å². The third-order valence-corrected chi connectivity index (χ3v) is 3.11. The van der Waals surface area contributed by atoms with Crippen molar-refractivity contribution in [2.45, 2.75) is 26.2 Å². The molecule has 80 valence electrons. The highest BCUT2D eigenvalue weighted by Crippen LogP contribution is 2.28. The topological polar surface area (TPSA) is 30.7 Å². The van der Waals surface area contributed by atoms with Gasteiger partial charge in [-0.2, -0.15) is 5.10 Å². The van der Waals surface area contributed by atoms with E-state index in [1.165, 1.54) is 17.2 Å². The highest BCUT2D eigenvalue weighted by atomic mass is 32.1. The van der Waals surface area contributed by atoms with Gasteiger partial charge in [0.15, 0.2) is 0 Å². The van der Waals surface area contributed by atoms with Gasteiger partial charge in [0.25, 0.3) is 0 Å². The summed E-state index contributed by atoms with van der Waals surface area (Å²) in [5.74, 6) is 0. The van der Waals surface area contributed by atoms with Crippen molar-refractivity contribution in [1.29, 1.82) is 0 Å². The van der Waals surface area contributed by atoms with Crippen molar-refractivity contribution in [3.63, 3.8) is 0 Å². The van der Waals surface area contributed by atoms with Gasteiger partial charge in [-0.05, 0) is 23.7 Å². The van der Waals surface area contributed by atoms with Crippen LogP contribution in [0.4, 0.5) is 0 Å². The first kappa shape index (κ1) is 10.4. The van der Waals surface area contributed by atoms with Crippen molar-refractivity contribution in [2.24, 2.45) is 7.05 Å². The molecule has 2 rings (SSSR count). The third-order valence-electron chi connectivity index (χ3n) is 2.34. The Bertz CT molecular complexity index is 449. The van der Waals surface area contributed by atoms with Crippen LogP contribution in [-0.2, 0) is 12.5 Å². The average molecular weight is 221 g/mol. The van der Waals surface area contributed by atoms with Gasteiger partial charge in [0.1, 0.15) is 5.69 Å². The Hall–Kier alpha value is -1.16. The molecule has 0 unspecified atom stereocenters. The number of rotatable bonds is 1.